The maximum Gasteiger partial charge on any atom is 0.254 e. The van der Waals surface area contributed by atoms with Crippen LogP contribution in [0, 0.1) is 6.92 Å². The van der Waals surface area contributed by atoms with Gasteiger partial charge < -0.3 is 20.1 Å². The van der Waals surface area contributed by atoms with Crippen molar-refractivity contribution < 1.29 is 14.3 Å². The zero-order valence-corrected chi connectivity index (χ0v) is 14.9. The largest absolute Gasteiger partial charge is 0.493 e. The molecule has 0 saturated heterocycles. The highest BCUT2D eigenvalue weighted by atomic mass is 35.5. The summed E-state index contributed by atoms with van der Waals surface area (Å²) in [5.41, 5.74) is 7.87. The second kappa shape index (κ2) is 9.03. The Morgan fingerprint density at radius 3 is 2.50 bits per heavy atom. The fourth-order valence-electron chi connectivity index (χ4n) is 2.21. The number of halogens is 1. The number of nitrogens with two attached hydrogens (primary N) is 1. The molecule has 2 N–H and O–H groups in total. The average molecular weight is 351 g/mol. The van der Waals surface area contributed by atoms with Crippen LogP contribution in [0.2, 0.25) is 0 Å². The molecule has 0 fully saturated rings. The van der Waals surface area contributed by atoms with E-state index < -0.39 is 0 Å². The molecule has 0 aliphatic rings. The Labute approximate surface area is 148 Å². The van der Waals surface area contributed by atoms with Crippen LogP contribution in [-0.2, 0) is 0 Å². The molecule has 1 amide bonds. The van der Waals surface area contributed by atoms with Gasteiger partial charge >= 0.3 is 0 Å². The Hall–Kier alpha value is -2.40. The molecule has 5 nitrogen and oxygen atoms in total. The summed E-state index contributed by atoms with van der Waals surface area (Å²) in [5, 5.41) is 0. The highest BCUT2D eigenvalue weighted by Crippen LogP contribution is 2.25. The van der Waals surface area contributed by atoms with Crippen molar-refractivity contribution in [1.82, 2.24) is 4.90 Å². The van der Waals surface area contributed by atoms with E-state index in [-0.39, 0.29) is 18.3 Å². The molecule has 0 unspecified atom stereocenters. The normalized spacial score (nSPS) is 9.79. The van der Waals surface area contributed by atoms with Crippen LogP contribution in [0.25, 0.3) is 0 Å². The number of benzene rings is 2. The summed E-state index contributed by atoms with van der Waals surface area (Å²) in [7, 11) is 3.34. The summed E-state index contributed by atoms with van der Waals surface area (Å²) < 4.78 is 10.9. The second-order valence-corrected chi connectivity index (χ2v) is 5.30. The molecule has 0 heterocycles. The van der Waals surface area contributed by atoms with E-state index in [1.54, 1.807) is 31.2 Å². The number of carbonyl (C=O) groups excluding carboxylic acids is 1. The van der Waals surface area contributed by atoms with Gasteiger partial charge in [0.05, 0.1) is 13.7 Å². The smallest absolute Gasteiger partial charge is 0.254 e. The molecule has 0 atom stereocenters. The third-order valence-corrected chi connectivity index (χ3v) is 3.59. The number of likely N-dealkylation sites (N-methyl/N-ethyl adjacent to an activating group) is 1. The summed E-state index contributed by atoms with van der Waals surface area (Å²) in [6.45, 7) is 2.74. The van der Waals surface area contributed by atoms with E-state index in [2.05, 4.69) is 0 Å². The Kier molecular flexibility index (Phi) is 7.39. The number of hydrogen-bond acceptors (Lipinski definition) is 4. The Bertz CT molecular complexity index is 692. The SMILES string of the molecule is COc1ccccc1OCCN(C)C(=O)c1cc(N)ccc1C.Cl. The van der Waals surface area contributed by atoms with Crippen molar-refractivity contribution in [2.45, 2.75) is 6.92 Å². The number of nitrogen functional groups attached to an aromatic ring is 1. The maximum absolute atomic E-state index is 12.5. The predicted octanol–water partition coefficient (Wildman–Crippen LogP) is 3.16. The minimum atomic E-state index is -0.0709. The minimum Gasteiger partial charge on any atom is -0.493 e. The third-order valence-electron chi connectivity index (χ3n) is 3.59. The molecule has 0 bridgehead atoms. The molecular formula is C18H23ClN2O3. The molecular weight excluding hydrogens is 328 g/mol. The number of para-hydroxylation sites is 2. The molecule has 6 heteroatoms. The number of anilines is 1. The van der Waals surface area contributed by atoms with Gasteiger partial charge in [0.15, 0.2) is 11.5 Å². The van der Waals surface area contributed by atoms with Gasteiger partial charge in [-0.25, -0.2) is 0 Å². The van der Waals surface area contributed by atoms with Crippen LogP contribution in [0.4, 0.5) is 5.69 Å². The van der Waals surface area contributed by atoms with Crippen LogP contribution in [0.3, 0.4) is 0 Å². The van der Waals surface area contributed by atoms with Gasteiger partial charge in [0.1, 0.15) is 6.61 Å². The lowest BCUT2D eigenvalue weighted by Gasteiger charge is -2.19. The number of methoxy groups -OCH3 is 1. The fourth-order valence-corrected chi connectivity index (χ4v) is 2.21. The first-order chi connectivity index (χ1) is 11.0. The van der Waals surface area contributed by atoms with E-state index >= 15 is 0 Å². The van der Waals surface area contributed by atoms with E-state index in [1.807, 2.05) is 37.3 Å². The number of ether oxygens (including phenoxy) is 2. The van der Waals surface area contributed by atoms with Crippen molar-refractivity contribution in [3.63, 3.8) is 0 Å². The quantitative estimate of drug-likeness (QED) is 0.813. The summed E-state index contributed by atoms with van der Waals surface area (Å²) >= 11 is 0. The van der Waals surface area contributed by atoms with Gasteiger partial charge in [-0.3, -0.25) is 4.79 Å². The number of carbonyl (C=O) groups is 1. The zero-order valence-electron chi connectivity index (χ0n) is 14.1. The van der Waals surface area contributed by atoms with Gasteiger partial charge in [0.25, 0.3) is 5.91 Å². The van der Waals surface area contributed by atoms with Gasteiger partial charge in [0, 0.05) is 18.3 Å². The lowest BCUT2D eigenvalue weighted by atomic mass is 10.1. The lowest BCUT2D eigenvalue weighted by molar-refractivity contribution is 0.0772. The van der Waals surface area contributed by atoms with Gasteiger partial charge in [-0.2, -0.15) is 0 Å². The van der Waals surface area contributed by atoms with Crippen LogP contribution in [0.5, 0.6) is 11.5 Å². The van der Waals surface area contributed by atoms with E-state index in [1.165, 1.54) is 0 Å². The highest BCUT2D eigenvalue weighted by Gasteiger charge is 2.14. The summed E-state index contributed by atoms with van der Waals surface area (Å²) in [6, 6.07) is 12.8. The van der Waals surface area contributed by atoms with Crippen molar-refractivity contribution in [1.29, 1.82) is 0 Å². The van der Waals surface area contributed by atoms with E-state index in [0.29, 0.717) is 35.9 Å². The fraction of sp³-hybridized carbons (Fsp3) is 0.278. The van der Waals surface area contributed by atoms with E-state index in [4.69, 9.17) is 15.2 Å². The van der Waals surface area contributed by atoms with Gasteiger partial charge in [0.2, 0.25) is 0 Å². The Morgan fingerprint density at radius 1 is 1.17 bits per heavy atom. The number of hydrogen-bond donors (Lipinski definition) is 1. The average Bonchev–Trinajstić information content (AvgIpc) is 2.56. The predicted molar refractivity (Wildman–Crippen MR) is 98.3 cm³/mol. The van der Waals surface area contributed by atoms with Crippen LogP contribution < -0.4 is 15.2 Å². The van der Waals surface area contributed by atoms with Gasteiger partial charge in [-0.1, -0.05) is 18.2 Å². The van der Waals surface area contributed by atoms with Crippen molar-refractivity contribution in [3.05, 3.63) is 53.6 Å². The van der Waals surface area contributed by atoms with Gasteiger partial charge in [-0.05, 0) is 36.8 Å². The molecule has 24 heavy (non-hydrogen) atoms. The van der Waals surface area contributed by atoms with Gasteiger partial charge in [-0.15, -0.1) is 12.4 Å². The molecule has 0 radical (unpaired) electrons. The monoisotopic (exact) mass is 350 g/mol. The summed E-state index contributed by atoms with van der Waals surface area (Å²) in [4.78, 5) is 14.1. The molecule has 0 aliphatic carbocycles. The Morgan fingerprint density at radius 2 is 1.83 bits per heavy atom. The molecule has 0 aliphatic heterocycles. The molecule has 0 spiro atoms. The molecule has 130 valence electrons. The first kappa shape index (κ1) is 19.6. The topological polar surface area (TPSA) is 64.8 Å². The first-order valence-electron chi connectivity index (χ1n) is 7.40. The van der Waals surface area contributed by atoms with Crippen molar-refractivity contribution in [3.8, 4) is 11.5 Å². The molecule has 2 rings (SSSR count). The maximum atomic E-state index is 12.5. The molecule has 2 aromatic carbocycles. The van der Waals surface area contributed by atoms with Crippen LogP contribution >= 0.6 is 12.4 Å². The van der Waals surface area contributed by atoms with E-state index in [0.717, 1.165) is 5.56 Å². The minimum absolute atomic E-state index is 0. The number of aryl methyl sites for hydroxylation is 1. The van der Waals surface area contributed by atoms with Crippen LogP contribution in [0.15, 0.2) is 42.5 Å². The second-order valence-electron chi connectivity index (χ2n) is 5.30. The summed E-state index contributed by atoms with van der Waals surface area (Å²) in [6.07, 6.45) is 0. The molecule has 2 aromatic rings. The Balaban J connectivity index is 0.00000288. The third kappa shape index (κ3) is 4.80. The van der Waals surface area contributed by atoms with Crippen molar-refractivity contribution >= 4 is 24.0 Å². The van der Waals surface area contributed by atoms with Crippen molar-refractivity contribution in [2.24, 2.45) is 0 Å². The molecule has 0 aromatic heterocycles. The lowest BCUT2D eigenvalue weighted by Crippen LogP contribution is -2.31. The zero-order chi connectivity index (χ0) is 16.8. The van der Waals surface area contributed by atoms with Crippen LogP contribution in [-0.4, -0.2) is 38.1 Å². The number of nitrogens with zero attached hydrogens (tertiary/aromatic N) is 1. The standard InChI is InChI=1S/C18H22N2O3.ClH/c1-13-8-9-14(19)12-15(13)18(21)20(2)10-11-23-17-7-5-4-6-16(17)22-3;/h4-9,12H,10-11,19H2,1-3H3;1H. The number of rotatable bonds is 6. The summed E-state index contributed by atoms with van der Waals surface area (Å²) in [5.74, 6) is 1.27. The van der Waals surface area contributed by atoms with E-state index in [9.17, 15) is 4.79 Å². The van der Waals surface area contributed by atoms with Crippen LogP contribution in [0.1, 0.15) is 15.9 Å². The molecule has 0 saturated carbocycles. The number of amides is 1. The first-order valence-corrected chi connectivity index (χ1v) is 7.40. The highest BCUT2D eigenvalue weighted by molar-refractivity contribution is 5.96. The van der Waals surface area contributed by atoms with Crippen molar-refractivity contribution in [2.75, 3.05) is 33.0 Å².